The maximum Gasteiger partial charge on any atom is 0.509 e. The number of methoxy groups -OCH3 is 1. The van der Waals surface area contributed by atoms with E-state index in [4.69, 9.17) is 14.2 Å². The summed E-state index contributed by atoms with van der Waals surface area (Å²) in [6, 6.07) is 11.4. The number of likely N-dealkylation sites (tertiary alicyclic amines) is 1. The maximum atomic E-state index is 13.0. The largest absolute Gasteiger partial charge is 0.509 e. The van der Waals surface area contributed by atoms with Crippen LogP contribution in [0.3, 0.4) is 0 Å². The fourth-order valence-corrected chi connectivity index (χ4v) is 3.60. The predicted octanol–water partition coefficient (Wildman–Crippen LogP) is 2.99. The topological polar surface area (TPSA) is 65.1 Å². The SMILES string of the molecule is COc1ccc(C(=O)N2CCC3(CC2)COC(=O)O3)c2ccccc12. The normalized spacial score (nSPS) is 18.9. The minimum absolute atomic E-state index is 0.0149. The molecule has 0 atom stereocenters. The van der Waals surface area contributed by atoms with Gasteiger partial charge in [-0.2, -0.15) is 0 Å². The first-order valence-corrected chi connectivity index (χ1v) is 8.33. The lowest BCUT2D eigenvalue weighted by molar-refractivity contribution is 0.00287. The maximum absolute atomic E-state index is 13.0. The van der Waals surface area contributed by atoms with Crippen molar-refractivity contribution in [1.29, 1.82) is 0 Å². The van der Waals surface area contributed by atoms with E-state index in [0.717, 1.165) is 16.5 Å². The Bertz CT molecular complexity index is 839. The molecule has 25 heavy (non-hydrogen) atoms. The fourth-order valence-electron chi connectivity index (χ4n) is 3.60. The van der Waals surface area contributed by atoms with E-state index in [1.165, 1.54) is 0 Å². The number of amides is 1. The molecular weight excluding hydrogens is 322 g/mol. The third-order valence-electron chi connectivity index (χ3n) is 5.05. The van der Waals surface area contributed by atoms with Gasteiger partial charge in [0.15, 0.2) is 5.60 Å². The summed E-state index contributed by atoms with van der Waals surface area (Å²) in [6.07, 6.45) is 0.581. The van der Waals surface area contributed by atoms with Crippen molar-refractivity contribution in [3.05, 3.63) is 42.0 Å². The van der Waals surface area contributed by atoms with Crippen LogP contribution in [0.4, 0.5) is 4.79 Å². The van der Waals surface area contributed by atoms with Crippen LogP contribution in [0.5, 0.6) is 5.75 Å². The second-order valence-corrected chi connectivity index (χ2v) is 6.48. The number of hydrogen-bond donors (Lipinski definition) is 0. The summed E-state index contributed by atoms with van der Waals surface area (Å²) in [5, 5.41) is 1.80. The first kappa shape index (κ1) is 15.7. The number of rotatable bonds is 2. The van der Waals surface area contributed by atoms with Crippen LogP contribution >= 0.6 is 0 Å². The number of hydrogen-bond acceptors (Lipinski definition) is 5. The van der Waals surface area contributed by atoms with E-state index in [9.17, 15) is 9.59 Å². The van der Waals surface area contributed by atoms with Crippen LogP contribution in [-0.2, 0) is 9.47 Å². The number of carbonyl (C=O) groups is 2. The van der Waals surface area contributed by atoms with Gasteiger partial charge >= 0.3 is 6.16 Å². The van der Waals surface area contributed by atoms with Crippen molar-refractivity contribution in [2.24, 2.45) is 0 Å². The molecule has 2 aromatic rings. The predicted molar refractivity (Wildman–Crippen MR) is 90.8 cm³/mol. The Kier molecular flexibility index (Phi) is 3.75. The summed E-state index contributed by atoms with van der Waals surface area (Å²) in [4.78, 5) is 26.1. The molecule has 0 N–H and O–H groups in total. The molecule has 2 aliphatic heterocycles. The average molecular weight is 341 g/mol. The van der Waals surface area contributed by atoms with E-state index < -0.39 is 11.8 Å². The molecule has 0 aromatic heterocycles. The van der Waals surface area contributed by atoms with Gasteiger partial charge in [0.05, 0.1) is 7.11 Å². The zero-order valence-corrected chi connectivity index (χ0v) is 14.0. The summed E-state index contributed by atoms with van der Waals surface area (Å²) in [7, 11) is 1.62. The van der Waals surface area contributed by atoms with Crippen molar-refractivity contribution >= 4 is 22.8 Å². The molecule has 2 saturated heterocycles. The quantitative estimate of drug-likeness (QED) is 0.786. The number of carbonyl (C=O) groups excluding carboxylic acids is 2. The van der Waals surface area contributed by atoms with Crippen molar-refractivity contribution < 1.29 is 23.8 Å². The molecule has 2 heterocycles. The molecule has 4 rings (SSSR count). The van der Waals surface area contributed by atoms with Crippen molar-refractivity contribution in [3.63, 3.8) is 0 Å². The van der Waals surface area contributed by atoms with Crippen LogP contribution in [0.25, 0.3) is 10.8 Å². The smallest absolute Gasteiger partial charge is 0.496 e. The average Bonchev–Trinajstić information content (AvgIpc) is 3.01. The number of cyclic esters (lactones) is 1. The van der Waals surface area contributed by atoms with Crippen LogP contribution in [0.2, 0.25) is 0 Å². The number of benzene rings is 2. The third kappa shape index (κ3) is 2.67. The van der Waals surface area contributed by atoms with Crippen molar-refractivity contribution in [2.45, 2.75) is 18.4 Å². The van der Waals surface area contributed by atoms with Gasteiger partial charge < -0.3 is 19.1 Å². The Morgan fingerprint density at radius 3 is 2.48 bits per heavy atom. The lowest BCUT2D eigenvalue weighted by Crippen LogP contribution is -2.48. The van der Waals surface area contributed by atoms with E-state index in [-0.39, 0.29) is 12.5 Å². The van der Waals surface area contributed by atoms with Gasteiger partial charge in [0.25, 0.3) is 5.91 Å². The zero-order chi connectivity index (χ0) is 17.4. The highest BCUT2D eigenvalue weighted by molar-refractivity contribution is 6.08. The molecule has 2 fully saturated rings. The molecular formula is C19H19NO5. The van der Waals surface area contributed by atoms with Gasteiger partial charge in [0.2, 0.25) is 0 Å². The van der Waals surface area contributed by atoms with E-state index in [2.05, 4.69) is 0 Å². The van der Waals surface area contributed by atoms with Gasteiger partial charge in [-0.05, 0) is 17.5 Å². The highest BCUT2D eigenvalue weighted by atomic mass is 16.8. The summed E-state index contributed by atoms with van der Waals surface area (Å²) in [5.74, 6) is 0.735. The van der Waals surface area contributed by atoms with Gasteiger partial charge in [0, 0.05) is 36.9 Å². The van der Waals surface area contributed by atoms with Crippen molar-refractivity contribution in [3.8, 4) is 5.75 Å². The van der Waals surface area contributed by atoms with Crippen LogP contribution in [0.1, 0.15) is 23.2 Å². The molecule has 0 bridgehead atoms. The molecule has 0 unspecified atom stereocenters. The minimum Gasteiger partial charge on any atom is -0.496 e. The number of fused-ring (bicyclic) bond motifs is 1. The van der Waals surface area contributed by atoms with Crippen LogP contribution in [0, 0.1) is 0 Å². The highest BCUT2D eigenvalue weighted by Gasteiger charge is 2.45. The number of ether oxygens (including phenoxy) is 3. The first-order valence-electron chi connectivity index (χ1n) is 8.33. The zero-order valence-electron chi connectivity index (χ0n) is 14.0. The molecule has 0 radical (unpaired) electrons. The summed E-state index contributed by atoms with van der Waals surface area (Å²) in [6.45, 7) is 1.35. The van der Waals surface area contributed by atoms with Crippen LogP contribution in [0.15, 0.2) is 36.4 Å². The second-order valence-electron chi connectivity index (χ2n) is 6.48. The van der Waals surface area contributed by atoms with Crippen LogP contribution in [-0.4, -0.2) is 49.4 Å². The molecule has 1 amide bonds. The molecule has 6 nitrogen and oxygen atoms in total. The van der Waals surface area contributed by atoms with Gasteiger partial charge in [-0.3, -0.25) is 4.79 Å². The Labute approximate surface area is 145 Å². The highest BCUT2D eigenvalue weighted by Crippen LogP contribution is 2.33. The number of piperidine rings is 1. The van der Waals surface area contributed by atoms with Gasteiger partial charge in [-0.1, -0.05) is 24.3 Å². The molecule has 0 aliphatic carbocycles. The Hall–Kier alpha value is -2.76. The number of nitrogens with zero attached hydrogens (tertiary/aromatic N) is 1. The van der Waals surface area contributed by atoms with Gasteiger partial charge in [0.1, 0.15) is 12.4 Å². The van der Waals surface area contributed by atoms with E-state index in [0.29, 0.717) is 31.5 Å². The van der Waals surface area contributed by atoms with Crippen LogP contribution < -0.4 is 4.74 Å². The van der Waals surface area contributed by atoms with Gasteiger partial charge in [-0.25, -0.2) is 4.79 Å². The lowest BCUT2D eigenvalue weighted by atomic mass is 9.91. The fraction of sp³-hybridized carbons (Fsp3) is 0.368. The lowest BCUT2D eigenvalue weighted by Gasteiger charge is -2.36. The van der Waals surface area contributed by atoms with E-state index in [1.54, 1.807) is 7.11 Å². The van der Waals surface area contributed by atoms with Crippen molar-refractivity contribution in [1.82, 2.24) is 4.90 Å². The van der Waals surface area contributed by atoms with Crippen molar-refractivity contribution in [2.75, 3.05) is 26.8 Å². The third-order valence-corrected chi connectivity index (χ3v) is 5.05. The van der Waals surface area contributed by atoms with E-state index in [1.807, 2.05) is 41.3 Å². The molecule has 2 aromatic carbocycles. The monoisotopic (exact) mass is 341 g/mol. The summed E-state index contributed by atoms with van der Waals surface area (Å²) < 4.78 is 15.6. The second kappa shape index (κ2) is 5.95. The molecule has 6 heteroatoms. The Balaban J connectivity index is 1.58. The summed E-state index contributed by atoms with van der Waals surface area (Å²) in [5.41, 5.74) is 0.0996. The first-order chi connectivity index (χ1) is 12.1. The molecule has 0 saturated carbocycles. The summed E-state index contributed by atoms with van der Waals surface area (Å²) >= 11 is 0. The molecule has 130 valence electrons. The Morgan fingerprint density at radius 2 is 1.84 bits per heavy atom. The molecule has 2 aliphatic rings. The van der Waals surface area contributed by atoms with E-state index >= 15 is 0 Å². The van der Waals surface area contributed by atoms with Gasteiger partial charge in [-0.15, -0.1) is 0 Å². The Morgan fingerprint density at radius 1 is 1.12 bits per heavy atom. The molecule has 1 spiro atoms. The minimum atomic E-state index is -0.610. The standard InChI is InChI=1S/C19H19NO5/c1-23-16-7-6-15(13-4-2-3-5-14(13)16)17(21)20-10-8-19(9-11-20)12-24-18(22)25-19/h2-7H,8-12H2,1H3.